The van der Waals surface area contributed by atoms with Gasteiger partial charge >= 0.3 is 0 Å². The van der Waals surface area contributed by atoms with Gasteiger partial charge in [0.05, 0.1) is 0 Å². The van der Waals surface area contributed by atoms with Crippen LogP contribution in [0, 0.1) is 11.7 Å². The van der Waals surface area contributed by atoms with Crippen LogP contribution in [0.25, 0.3) is 0 Å². The van der Waals surface area contributed by atoms with Crippen molar-refractivity contribution in [3.63, 3.8) is 0 Å². The van der Waals surface area contributed by atoms with Crippen LogP contribution in [0.4, 0.5) is 4.39 Å². The Morgan fingerprint density at radius 1 is 1.06 bits per heavy atom. The van der Waals surface area contributed by atoms with Gasteiger partial charge in [-0.25, -0.2) is 4.39 Å². The molecular weight excluding hydrogens is 441 g/mol. The predicted molar refractivity (Wildman–Crippen MR) is 122 cm³/mol. The van der Waals surface area contributed by atoms with Gasteiger partial charge < -0.3 is 25.0 Å². The number of likely N-dealkylation sites (tertiary alicyclic amines) is 1. The van der Waals surface area contributed by atoms with E-state index in [0.717, 1.165) is 0 Å². The summed E-state index contributed by atoms with van der Waals surface area (Å²) in [5.74, 6) is -0.417. The number of nitrogens with one attached hydrogen (secondary N) is 2. The van der Waals surface area contributed by atoms with Crippen LogP contribution >= 0.6 is 0 Å². The average Bonchev–Trinajstić information content (AvgIpc) is 3.34. The Hall–Kier alpha value is -3.88. The molecule has 1 fully saturated rings. The highest BCUT2D eigenvalue weighted by Crippen LogP contribution is 2.32. The maximum Gasteiger partial charge on any atom is 0.253 e. The first-order valence-corrected chi connectivity index (χ1v) is 11.1. The van der Waals surface area contributed by atoms with Crippen LogP contribution in [-0.2, 0) is 4.79 Å². The van der Waals surface area contributed by atoms with Gasteiger partial charge in [0.15, 0.2) is 11.5 Å². The van der Waals surface area contributed by atoms with E-state index in [9.17, 15) is 18.8 Å². The van der Waals surface area contributed by atoms with Crippen molar-refractivity contribution in [3.05, 3.63) is 72.1 Å². The molecule has 178 valence electrons. The van der Waals surface area contributed by atoms with E-state index in [1.54, 1.807) is 29.2 Å². The molecule has 1 unspecified atom stereocenters. The first-order chi connectivity index (χ1) is 16.5. The monoisotopic (exact) mass is 467 g/mol. The second-order valence-corrected chi connectivity index (χ2v) is 8.19. The van der Waals surface area contributed by atoms with E-state index in [2.05, 4.69) is 17.2 Å². The molecule has 0 radical (unpaired) electrons. The van der Waals surface area contributed by atoms with Gasteiger partial charge in [-0.3, -0.25) is 14.4 Å². The number of fused-ring (bicyclic) bond motifs is 1. The van der Waals surface area contributed by atoms with Gasteiger partial charge in [0.25, 0.3) is 11.8 Å². The van der Waals surface area contributed by atoms with Crippen molar-refractivity contribution in [1.82, 2.24) is 15.5 Å². The lowest BCUT2D eigenvalue weighted by Gasteiger charge is -2.35. The third-order valence-electron chi connectivity index (χ3n) is 6.01. The number of amides is 3. The summed E-state index contributed by atoms with van der Waals surface area (Å²) in [6, 6.07) is 9.51. The molecule has 0 aliphatic carbocycles. The summed E-state index contributed by atoms with van der Waals surface area (Å²) < 4.78 is 23.8. The summed E-state index contributed by atoms with van der Waals surface area (Å²) in [5, 5.41) is 5.62. The van der Waals surface area contributed by atoms with Crippen LogP contribution < -0.4 is 20.1 Å². The Morgan fingerprint density at radius 3 is 2.44 bits per heavy atom. The van der Waals surface area contributed by atoms with E-state index < -0.39 is 17.8 Å². The van der Waals surface area contributed by atoms with Gasteiger partial charge in [0.2, 0.25) is 12.7 Å². The third-order valence-corrected chi connectivity index (χ3v) is 6.01. The Balaban J connectivity index is 1.43. The summed E-state index contributed by atoms with van der Waals surface area (Å²) in [5.41, 5.74) is 0.769. The molecule has 34 heavy (non-hydrogen) atoms. The number of benzene rings is 2. The molecule has 2 aliphatic heterocycles. The van der Waals surface area contributed by atoms with Gasteiger partial charge in [-0.05, 0) is 61.2 Å². The standard InChI is InChI=1S/C25H26FN3O5/c1-2-11-27-24(31)22(28-23(30)18-5-8-20-21(14-18)34-15-33-20)16-9-12-29(13-10-16)25(32)17-3-6-19(26)7-4-17/h2-8,14,16,22H,1,9-13,15H2,(H,27,31)(H,28,30). The number of hydrogen-bond acceptors (Lipinski definition) is 5. The summed E-state index contributed by atoms with van der Waals surface area (Å²) in [4.78, 5) is 40.3. The van der Waals surface area contributed by atoms with Gasteiger partial charge in [0.1, 0.15) is 11.9 Å². The normalized spacial score (nSPS) is 16.0. The van der Waals surface area contributed by atoms with E-state index in [-0.39, 0.29) is 31.1 Å². The van der Waals surface area contributed by atoms with Crippen LogP contribution in [0.3, 0.4) is 0 Å². The van der Waals surface area contributed by atoms with Crippen molar-refractivity contribution in [2.75, 3.05) is 26.4 Å². The van der Waals surface area contributed by atoms with Crippen molar-refractivity contribution >= 4 is 17.7 Å². The zero-order valence-electron chi connectivity index (χ0n) is 18.6. The molecule has 0 spiro atoms. The molecule has 2 aromatic carbocycles. The fourth-order valence-electron chi connectivity index (χ4n) is 4.15. The van der Waals surface area contributed by atoms with Crippen LogP contribution in [0.15, 0.2) is 55.1 Å². The number of rotatable bonds is 7. The SMILES string of the molecule is C=CCNC(=O)C(NC(=O)c1ccc2c(c1)OCO2)C1CCN(C(=O)c2ccc(F)cc2)CC1. The first kappa shape index (κ1) is 23.3. The number of piperidine rings is 1. The average molecular weight is 467 g/mol. The van der Waals surface area contributed by atoms with E-state index in [1.807, 2.05) is 0 Å². The Labute approximate surface area is 196 Å². The highest BCUT2D eigenvalue weighted by atomic mass is 19.1. The van der Waals surface area contributed by atoms with E-state index in [4.69, 9.17) is 9.47 Å². The number of halogens is 1. The van der Waals surface area contributed by atoms with Crippen LogP contribution in [0.2, 0.25) is 0 Å². The fourth-order valence-corrected chi connectivity index (χ4v) is 4.15. The van der Waals surface area contributed by atoms with Crippen molar-refractivity contribution < 1.29 is 28.2 Å². The van der Waals surface area contributed by atoms with Gasteiger partial charge in [-0.1, -0.05) is 6.08 Å². The van der Waals surface area contributed by atoms with Crippen LogP contribution in [0.1, 0.15) is 33.6 Å². The van der Waals surface area contributed by atoms with E-state index in [1.165, 1.54) is 24.3 Å². The Kier molecular flexibility index (Phi) is 7.10. The second kappa shape index (κ2) is 10.4. The van der Waals surface area contributed by atoms with Crippen LogP contribution in [-0.4, -0.2) is 55.1 Å². The number of ether oxygens (including phenoxy) is 2. The summed E-state index contributed by atoms with van der Waals surface area (Å²) in [6.07, 6.45) is 2.62. The largest absolute Gasteiger partial charge is 0.454 e. The predicted octanol–water partition coefficient (Wildman–Crippen LogP) is 2.51. The van der Waals surface area contributed by atoms with E-state index in [0.29, 0.717) is 48.6 Å². The molecule has 3 amide bonds. The number of nitrogens with zero attached hydrogens (tertiary/aromatic N) is 1. The molecule has 2 heterocycles. The lowest BCUT2D eigenvalue weighted by Crippen LogP contribution is -2.53. The molecule has 2 aliphatic rings. The summed E-state index contributed by atoms with van der Waals surface area (Å²) in [6.45, 7) is 4.83. The minimum Gasteiger partial charge on any atom is -0.454 e. The maximum atomic E-state index is 13.2. The summed E-state index contributed by atoms with van der Waals surface area (Å²) >= 11 is 0. The molecular formula is C25H26FN3O5. The van der Waals surface area contributed by atoms with Crippen molar-refractivity contribution in [3.8, 4) is 11.5 Å². The fraction of sp³-hybridized carbons (Fsp3) is 0.320. The molecule has 0 saturated carbocycles. The molecule has 2 aromatic rings. The van der Waals surface area contributed by atoms with E-state index >= 15 is 0 Å². The minimum atomic E-state index is -0.777. The maximum absolute atomic E-state index is 13.2. The molecule has 4 rings (SSSR count). The lowest BCUT2D eigenvalue weighted by molar-refractivity contribution is -0.124. The van der Waals surface area contributed by atoms with Gasteiger partial charge in [-0.2, -0.15) is 0 Å². The van der Waals surface area contributed by atoms with Gasteiger partial charge in [-0.15, -0.1) is 6.58 Å². The molecule has 1 atom stereocenters. The number of carbonyl (C=O) groups is 3. The highest BCUT2D eigenvalue weighted by molar-refractivity contribution is 5.98. The minimum absolute atomic E-state index is 0.0994. The zero-order chi connectivity index (χ0) is 24.1. The topological polar surface area (TPSA) is 97.0 Å². The zero-order valence-corrected chi connectivity index (χ0v) is 18.6. The molecule has 9 heteroatoms. The Bertz CT molecular complexity index is 1080. The molecule has 2 N–H and O–H groups in total. The number of carbonyl (C=O) groups excluding carboxylic acids is 3. The molecule has 0 bridgehead atoms. The highest BCUT2D eigenvalue weighted by Gasteiger charge is 2.34. The van der Waals surface area contributed by atoms with Crippen molar-refractivity contribution in [2.24, 2.45) is 5.92 Å². The lowest BCUT2D eigenvalue weighted by atomic mass is 9.88. The third kappa shape index (κ3) is 5.19. The second-order valence-electron chi connectivity index (χ2n) is 8.19. The van der Waals surface area contributed by atoms with Crippen LogP contribution in [0.5, 0.6) is 11.5 Å². The van der Waals surface area contributed by atoms with Gasteiger partial charge in [0, 0.05) is 30.8 Å². The Morgan fingerprint density at radius 2 is 1.74 bits per heavy atom. The first-order valence-electron chi connectivity index (χ1n) is 11.1. The van der Waals surface area contributed by atoms with Crippen molar-refractivity contribution in [2.45, 2.75) is 18.9 Å². The summed E-state index contributed by atoms with van der Waals surface area (Å²) in [7, 11) is 0. The number of hydrogen-bond donors (Lipinski definition) is 2. The molecule has 1 saturated heterocycles. The quantitative estimate of drug-likeness (QED) is 0.610. The van der Waals surface area contributed by atoms with Crippen molar-refractivity contribution in [1.29, 1.82) is 0 Å². The molecule has 8 nitrogen and oxygen atoms in total. The molecule has 0 aromatic heterocycles. The smallest absolute Gasteiger partial charge is 0.253 e.